The Labute approximate surface area is 105 Å². The van der Waals surface area contributed by atoms with Gasteiger partial charge in [-0.05, 0) is 31.4 Å². The molecule has 1 nitrogen and oxygen atoms in total. The summed E-state index contributed by atoms with van der Waals surface area (Å²) in [7, 11) is 0. The van der Waals surface area contributed by atoms with Crippen LogP contribution in [0, 0.1) is 6.92 Å². The normalized spacial score (nSPS) is 7.69. The number of hydrogen-bond acceptors (Lipinski definition) is 2. The number of thiol groups is 1. The van der Waals surface area contributed by atoms with Gasteiger partial charge in [0.05, 0.1) is 6.26 Å². The monoisotopic (exact) mass is 240 g/mol. The lowest BCUT2D eigenvalue weighted by Gasteiger charge is -1.89. The van der Waals surface area contributed by atoms with Gasteiger partial charge in [0.25, 0.3) is 0 Å². The summed E-state index contributed by atoms with van der Waals surface area (Å²) in [5.41, 5.74) is 2.24. The van der Waals surface area contributed by atoms with Crippen molar-refractivity contribution in [1.82, 2.24) is 0 Å². The van der Waals surface area contributed by atoms with Crippen LogP contribution in [0.2, 0.25) is 0 Å². The van der Waals surface area contributed by atoms with Crippen molar-refractivity contribution in [3.63, 3.8) is 0 Å². The van der Waals surface area contributed by atoms with Gasteiger partial charge in [-0.15, -0.1) is 0 Å². The zero-order chi connectivity index (χ0) is 13.0. The highest BCUT2D eigenvalue weighted by atomic mass is 32.1. The number of furan rings is 1. The Kier molecular flexibility index (Phi) is 13.3. The second-order valence-electron chi connectivity index (χ2n) is 2.46. The fraction of sp³-hybridized carbons (Fsp3) is 0.429. The van der Waals surface area contributed by atoms with Crippen molar-refractivity contribution < 1.29 is 4.42 Å². The van der Waals surface area contributed by atoms with Gasteiger partial charge < -0.3 is 4.42 Å². The van der Waals surface area contributed by atoms with Crippen molar-refractivity contribution in [2.45, 2.75) is 34.6 Å². The first-order chi connectivity index (χ1) is 7.86. The summed E-state index contributed by atoms with van der Waals surface area (Å²) < 4.78 is 5.17. The van der Waals surface area contributed by atoms with Crippen molar-refractivity contribution in [3.8, 4) is 0 Å². The Morgan fingerprint density at radius 2 is 1.50 bits per heavy atom. The van der Waals surface area contributed by atoms with Crippen LogP contribution in [-0.2, 0) is 0 Å². The summed E-state index contributed by atoms with van der Waals surface area (Å²) in [6.07, 6.45) is 3.41. The van der Waals surface area contributed by atoms with E-state index in [9.17, 15) is 0 Å². The molecule has 2 heteroatoms. The number of fused-ring (bicyclic) bond motifs is 1. The SMILES string of the molecule is CC.CC.CS.Cc1ccc2occc2c1. The molecule has 0 atom stereocenters. The Morgan fingerprint density at radius 3 is 2.06 bits per heavy atom. The second kappa shape index (κ2) is 12.2. The highest BCUT2D eigenvalue weighted by molar-refractivity contribution is 7.79. The molecule has 1 aromatic carbocycles. The number of rotatable bonds is 0. The maximum absolute atomic E-state index is 5.17. The van der Waals surface area contributed by atoms with E-state index in [0.717, 1.165) is 5.58 Å². The molecule has 0 amide bonds. The van der Waals surface area contributed by atoms with Crippen LogP contribution in [0.4, 0.5) is 0 Å². The third-order valence-corrected chi connectivity index (χ3v) is 1.61. The maximum Gasteiger partial charge on any atom is 0.133 e. The summed E-state index contributed by atoms with van der Waals surface area (Å²) in [6, 6.07) is 8.12. The van der Waals surface area contributed by atoms with Gasteiger partial charge in [-0.2, -0.15) is 12.6 Å². The van der Waals surface area contributed by atoms with Crippen LogP contribution in [0.5, 0.6) is 0 Å². The molecule has 0 saturated heterocycles. The van der Waals surface area contributed by atoms with Crippen LogP contribution >= 0.6 is 12.6 Å². The minimum Gasteiger partial charge on any atom is -0.464 e. The molecular weight excluding hydrogens is 216 g/mol. The summed E-state index contributed by atoms with van der Waals surface area (Å²) in [5, 5.41) is 1.18. The average Bonchev–Trinajstić information content (AvgIpc) is 2.84. The molecule has 0 bridgehead atoms. The second-order valence-corrected chi connectivity index (χ2v) is 2.46. The van der Waals surface area contributed by atoms with E-state index < -0.39 is 0 Å². The Bertz CT molecular complexity index is 352. The summed E-state index contributed by atoms with van der Waals surface area (Å²) in [5.74, 6) is 0. The van der Waals surface area contributed by atoms with Gasteiger partial charge in [0, 0.05) is 5.39 Å². The predicted molar refractivity (Wildman–Crippen MR) is 78.6 cm³/mol. The quantitative estimate of drug-likeness (QED) is 0.613. The van der Waals surface area contributed by atoms with E-state index in [-0.39, 0.29) is 0 Å². The third kappa shape index (κ3) is 5.86. The van der Waals surface area contributed by atoms with Crippen LogP contribution in [0.3, 0.4) is 0 Å². The molecule has 1 heterocycles. The highest BCUT2D eigenvalue weighted by Gasteiger charge is 1.93. The lowest BCUT2D eigenvalue weighted by Crippen LogP contribution is -1.67. The van der Waals surface area contributed by atoms with Crippen molar-refractivity contribution in [1.29, 1.82) is 0 Å². The molecule has 0 saturated carbocycles. The molecule has 0 spiro atoms. The van der Waals surface area contributed by atoms with E-state index in [2.05, 4.69) is 25.6 Å². The molecule has 92 valence electrons. The molecule has 2 rings (SSSR count). The van der Waals surface area contributed by atoms with Gasteiger partial charge in [0.15, 0.2) is 0 Å². The van der Waals surface area contributed by atoms with Gasteiger partial charge in [0.2, 0.25) is 0 Å². The summed E-state index contributed by atoms with van der Waals surface area (Å²) in [4.78, 5) is 0. The minimum atomic E-state index is 0.964. The van der Waals surface area contributed by atoms with Crippen LogP contribution in [0.25, 0.3) is 11.0 Å². The van der Waals surface area contributed by atoms with Gasteiger partial charge in [0.1, 0.15) is 5.58 Å². The molecule has 0 aliphatic heterocycles. The van der Waals surface area contributed by atoms with E-state index in [1.54, 1.807) is 12.5 Å². The lowest BCUT2D eigenvalue weighted by atomic mass is 10.2. The zero-order valence-electron chi connectivity index (χ0n) is 11.2. The topological polar surface area (TPSA) is 13.1 Å². The Hall–Kier alpha value is -0.890. The average molecular weight is 240 g/mol. The molecule has 0 aliphatic rings. The number of aryl methyl sites for hydroxylation is 1. The minimum absolute atomic E-state index is 0.964. The molecule has 16 heavy (non-hydrogen) atoms. The van der Waals surface area contributed by atoms with Crippen LogP contribution in [-0.4, -0.2) is 6.26 Å². The lowest BCUT2D eigenvalue weighted by molar-refractivity contribution is 0.616. The largest absolute Gasteiger partial charge is 0.464 e. The first kappa shape index (κ1) is 17.5. The Balaban J connectivity index is 0. The highest BCUT2D eigenvalue weighted by Crippen LogP contribution is 2.15. The zero-order valence-corrected chi connectivity index (χ0v) is 12.1. The molecule has 2 aromatic rings. The number of hydrogen-bond donors (Lipinski definition) is 1. The van der Waals surface area contributed by atoms with Crippen LogP contribution in [0.15, 0.2) is 34.9 Å². The molecule has 0 fully saturated rings. The molecule has 0 radical (unpaired) electrons. The molecule has 0 unspecified atom stereocenters. The van der Waals surface area contributed by atoms with Gasteiger partial charge in [-0.3, -0.25) is 0 Å². The summed E-state index contributed by atoms with van der Waals surface area (Å²) in [6.45, 7) is 10.1. The van der Waals surface area contributed by atoms with Crippen molar-refractivity contribution >= 4 is 23.6 Å². The first-order valence-electron chi connectivity index (χ1n) is 5.75. The maximum atomic E-state index is 5.17. The predicted octanol–water partition coefficient (Wildman–Crippen LogP) is 5.34. The first-order valence-corrected chi connectivity index (χ1v) is 6.64. The molecule has 0 N–H and O–H groups in total. The van der Waals surface area contributed by atoms with Crippen LogP contribution < -0.4 is 0 Å². The van der Waals surface area contributed by atoms with Gasteiger partial charge in [-0.25, -0.2) is 0 Å². The number of benzene rings is 1. The van der Waals surface area contributed by atoms with Gasteiger partial charge in [-0.1, -0.05) is 39.3 Å². The van der Waals surface area contributed by atoms with Crippen molar-refractivity contribution in [2.24, 2.45) is 0 Å². The van der Waals surface area contributed by atoms with E-state index in [4.69, 9.17) is 4.42 Å². The summed E-state index contributed by atoms with van der Waals surface area (Å²) >= 11 is 3.53. The van der Waals surface area contributed by atoms with Crippen molar-refractivity contribution in [2.75, 3.05) is 6.26 Å². The third-order valence-electron chi connectivity index (χ3n) is 1.61. The van der Waals surface area contributed by atoms with E-state index in [0.29, 0.717) is 0 Å². The molecule has 1 aromatic heterocycles. The van der Waals surface area contributed by atoms with E-state index in [1.807, 2.05) is 45.9 Å². The smallest absolute Gasteiger partial charge is 0.133 e. The standard InChI is InChI=1S/C9H8O.2C2H6.CH4S/c1-7-2-3-9-8(6-7)4-5-10-9;3*1-2/h2-6H,1H3;2*1-2H3;2H,1H3. The van der Waals surface area contributed by atoms with E-state index in [1.165, 1.54) is 10.9 Å². The fourth-order valence-electron chi connectivity index (χ4n) is 1.09. The van der Waals surface area contributed by atoms with E-state index >= 15 is 0 Å². The van der Waals surface area contributed by atoms with Gasteiger partial charge >= 0.3 is 0 Å². The molecular formula is C14H24OS. The van der Waals surface area contributed by atoms with Crippen LogP contribution in [0.1, 0.15) is 33.3 Å². The van der Waals surface area contributed by atoms with Crippen molar-refractivity contribution in [3.05, 3.63) is 36.1 Å². The fourth-order valence-corrected chi connectivity index (χ4v) is 1.09. The Morgan fingerprint density at radius 1 is 0.938 bits per heavy atom. The molecule has 0 aliphatic carbocycles.